The highest BCUT2D eigenvalue weighted by Crippen LogP contribution is 2.36. The first-order valence-corrected chi connectivity index (χ1v) is 9.49. The van der Waals surface area contributed by atoms with Gasteiger partial charge in [-0.05, 0) is 12.5 Å². The molecule has 1 aliphatic heterocycles. The van der Waals surface area contributed by atoms with E-state index < -0.39 is 14.3 Å². The summed E-state index contributed by atoms with van der Waals surface area (Å²) in [7, 11) is 3.39. The summed E-state index contributed by atoms with van der Waals surface area (Å²) in [4.78, 5) is 13.8. The number of benzene rings is 1. The highest BCUT2D eigenvalue weighted by atomic mass is 35.7. The monoisotopic (exact) mass is 353 g/mol. The van der Waals surface area contributed by atoms with Gasteiger partial charge < -0.3 is 0 Å². The first-order chi connectivity index (χ1) is 10.8. The molecule has 0 N–H and O–H groups in total. The molecule has 1 aromatic carbocycles. The van der Waals surface area contributed by atoms with Crippen molar-refractivity contribution in [2.75, 3.05) is 11.4 Å². The molecule has 1 unspecified atom stereocenters. The van der Waals surface area contributed by atoms with Crippen molar-refractivity contribution in [1.82, 2.24) is 9.78 Å². The first kappa shape index (κ1) is 16.0. The molecule has 0 bridgehead atoms. The van der Waals surface area contributed by atoms with Gasteiger partial charge in [-0.3, -0.25) is 14.4 Å². The SMILES string of the molecule is Cc1nn(C)c(N2CC(S(=O)(=O)Cl)CC2=O)c1-c1ccccc1. The van der Waals surface area contributed by atoms with Gasteiger partial charge in [-0.1, -0.05) is 30.3 Å². The van der Waals surface area contributed by atoms with E-state index in [0.717, 1.165) is 16.8 Å². The quantitative estimate of drug-likeness (QED) is 0.792. The highest BCUT2D eigenvalue weighted by Gasteiger charge is 2.40. The number of aromatic nitrogens is 2. The third-order valence-electron chi connectivity index (χ3n) is 4.00. The van der Waals surface area contributed by atoms with Gasteiger partial charge in [-0.2, -0.15) is 5.10 Å². The summed E-state index contributed by atoms with van der Waals surface area (Å²) < 4.78 is 24.7. The van der Waals surface area contributed by atoms with Crippen molar-refractivity contribution < 1.29 is 13.2 Å². The maximum atomic E-state index is 12.3. The van der Waals surface area contributed by atoms with Gasteiger partial charge in [-0.25, -0.2) is 8.42 Å². The Morgan fingerprint density at radius 3 is 2.48 bits per heavy atom. The fourth-order valence-corrected chi connectivity index (χ4v) is 3.99. The Hall–Kier alpha value is -1.86. The van der Waals surface area contributed by atoms with Crippen molar-refractivity contribution in [1.29, 1.82) is 0 Å². The number of hydrogen-bond donors (Lipinski definition) is 0. The Morgan fingerprint density at radius 2 is 1.91 bits per heavy atom. The van der Waals surface area contributed by atoms with Gasteiger partial charge in [0.1, 0.15) is 11.1 Å². The van der Waals surface area contributed by atoms with Gasteiger partial charge in [0.2, 0.25) is 15.0 Å². The molecule has 1 atom stereocenters. The van der Waals surface area contributed by atoms with Crippen molar-refractivity contribution in [2.24, 2.45) is 7.05 Å². The predicted octanol–water partition coefficient (Wildman–Crippen LogP) is 2.07. The zero-order valence-corrected chi connectivity index (χ0v) is 14.3. The summed E-state index contributed by atoms with van der Waals surface area (Å²) >= 11 is 0. The molecular formula is C15H16ClN3O3S. The lowest BCUT2D eigenvalue weighted by Gasteiger charge is -2.18. The van der Waals surface area contributed by atoms with E-state index in [2.05, 4.69) is 5.10 Å². The van der Waals surface area contributed by atoms with E-state index in [9.17, 15) is 13.2 Å². The van der Waals surface area contributed by atoms with Crippen LogP contribution in [0, 0.1) is 6.92 Å². The third-order valence-corrected chi connectivity index (χ3v) is 5.87. The fourth-order valence-electron chi connectivity index (χ4n) is 2.97. The van der Waals surface area contributed by atoms with E-state index in [1.807, 2.05) is 37.3 Å². The van der Waals surface area contributed by atoms with Crippen LogP contribution in [0.25, 0.3) is 11.1 Å². The topological polar surface area (TPSA) is 72.3 Å². The second kappa shape index (κ2) is 5.65. The molecule has 1 aromatic heterocycles. The van der Waals surface area contributed by atoms with Gasteiger partial charge in [0.15, 0.2) is 0 Å². The molecule has 0 saturated carbocycles. The number of carbonyl (C=O) groups excluding carboxylic acids is 1. The minimum atomic E-state index is -3.78. The number of rotatable bonds is 3. The van der Waals surface area contributed by atoms with E-state index in [0.29, 0.717) is 5.82 Å². The fraction of sp³-hybridized carbons (Fsp3) is 0.333. The minimum Gasteiger partial charge on any atom is -0.295 e. The zero-order valence-electron chi connectivity index (χ0n) is 12.7. The average molecular weight is 354 g/mol. The van der Waals surface area contributed by atoms with Crippen molar-refractivity contribution in [3.8, 4) is 11.1 Å². The summed E-state index contributed by atoms with van der Waals surface area (Å²) in [6.45, 7) is 1.91. The van der Waals surface area contributed by atoms with E-state index in [4.69, 9.17) is 10.7 Å². The maximum Gasteiger partial charge on any atom is 0.237 e. The van der Waals surface area contributed by atoms with Crippen LogP contribution in [0.2, 0.25) is 0 Å². The van der Waals surface area contributed by atoms with Crippen LogP contribution >= 0.6 is 10.7 Å². The molecule has 23 heavy (non-hydrogen) atoms. The number of anilines is 1. The van der Waals surface area contributed by atoms with Gasteiger partial charge in [0, 0.05) is 36.3 Å². The largest absolute Gasteiger partial charge is 0.295 e. The van der Waals surface area contributed by atoms with Crippen LogP contribution in [-0.4, -0.2) is 35.9 Å². The van der Waals surface area contributed by atoms with Gasteiger partial charge in [0.25, 0.3) is 0 Å². The van der Waals surface area contributed by atoms with E-state index in [-0.39, 0.29) is 18.9 Å². The number of halogens is 1. The second-order valence-corrected chi connectivity index (χ2v) is 8.49. The zero-order chi connectivity index (χ0) is 16.8. The lowest BCUT2D eigenvalue weighted by atomic mass is 10.1. The summed E-state index contributed by atoms with van der Waals surface area (Å²) in [6.07, 6.45) is -0.107. The molecule has 0 radical (unpaired) electrons. The summed E-state index contributed by atoms with van der Waals surface area (Å²) in [5.41, 5.74) is 2.53. The van der Waals surface area contributed by atoms with Crippen LogP contribution < -0.4 is 4.90 Å². The Kier molecular flexibility index (Phi) is 3.93. The summed E-state index contributed by atoms with van der Waals surface area (Å²) in [5, 5.41) is 3.50. The lowest BCUT2D eigenvalue weighted by molar-refractivity contribution is -0.117. The Morgan fingerprint density at radius 1 is 1.26 bits per heavy atom. The molecule has 8 heteroatoms. The number of hydrogen-bond acceptors (Lipinski definition) is 4. The van der Waals surface area contributed by atoms with Crippen LogP contribution in [0.5, 0.6) is 0 Å². The number of amides is 1. The number of nitrogens with zero attached hydrogens (tertiary/aromatic N) is 3. The molecular weight excluding hydrogens is 338 g/mol. The number of aryl methyl sites for hydroxylation is 2. The molecule has 122 valence electrons. The van der Waals surface area contributed by atoms with Crippen molar-refractivity contribution >= 4 is 31.5 Å². The maximum absolute atomic E-state index is 12.3. The van der Waals surface area contributed by atoms with E-state index in [1.165, 1.54) is 4.90 Å². The van der Waals surface area contributed by atoms with E-state index >= 15 is 0 Å². The Labute approximate surface area is 139 Å². The summed E-state index contributed by atoms with van der Waals surface area (Å²) in [5.74, 6) is 0.334. The normalized spacial score (nSPS) is 18.7. The van der Waals surface area contributed by atoms with Crippen LogP contribution in [0.1, 0.15) is 12.1 Å². The van der Waals surface area contributed by atoms with Gasteiger partial charge in [-0.15, -0.1) is 0 Å². The second-order valence-electron chi connectivity index (χ2n) is 5.58. The average Bonchev–Trinajstić information content (AvgIpc) is 2.99. The molecule has 0 aliphatic carbocycles. The molecule has 2 heterocycles. The molecule has 1 aliphatic rings. The summed E-state index contributed by atoms with van der Waals surface area (Å²) in [6, 6.07) is 9.59. The molecule has 2 aromatic rings. The smallest absolute Gasteiger partial charge is 0.237 e. The van der Waals surface area contributed by atoms with Crippen LogP contribution in [0.4, 0.5) is 5.82 Å². The lowest BCUT2D eigenvalue weighted by Crippen LogP contribution is -2.29. The molecule has 0 spiro atoms. The molecule has 1 fully saturated rings. The predicted molar refractivity (Wildman–Crippen MR) is 88.9 cm³/mol. The number of carbonyl (C=O) groups is 1. The first-order valence-electron chi connectivity index (χ1n) is 7.12. The van der Waals surface area contributed by atoms with E-state index in [1.54, 1.807) is 11.7 Å². The molecule has 6 nitrogen and oxygen atoms in total. The molecule has 3 rings (SSSR count). The van der Waals surface area contributed by atoms with Crippen LogP contribution in [0.3, 0.4) is 0 Å². The third kappa shape index (κ3) is 2.86. The Bertz CT molecular complexity index is 862. The Balaban J connectivity index is 2.10. The van der Waals surface area contributed by atoms with Gasteiger partial charge >= 0.3 is 0 Å². The highest BCUT2D eigenvalue weighted by molar-refractivity contribution is 8.14. The molecule has 1 amide bonds. The molecule has 1 saturated heterocycles. The van der Waals surface area contributed by atoms with Crippen molar-refractivity contribution in [2.45, 2.75) is 18.6 Å². The van der Waals surface area contributed by atoms with Crippen LogP contribution in [-0.2, 0) is 20.9 Å². The van der Waals surface area contributed by atoms with Crippen molar-refractivity contribution in [3.63, 3.8) is 0 Å². The van der Waals surface area contributed by atoms with Crippen LogP contribution in [0.15, 0.2) is 30.3 Å². The van der Waals surface area contributed by atoms with Crippen molar-refractivity contribution in [3.05, 3.63) is 36.0 Å². The van der Waals surface area contributed by atoms with Gasteiger partial charge in [0.05, 0.1) is 5.69 Å². The standard InChI is InChI=1S/C15H16ClN3O3S/c1-10-14(11-6-4-3-5-7-11)15(18(2)17-10)19-9-12(8-13(19)20)23(16,21)22/h3-7,12H,8-9H2,1-2H3. The minimum absolute atomic E-state index is 0.0451.